The van der Waals surface area contributed by atoms with E-state index in [4.69, 9.17) is 0 Å². The minimum absolute atomic E-state index is 0.0643. The zero-order valence-corrected chi connectivity index (χ0v) is 25.1. The molecule has 1 unspecified atom stereocenters. The van der Waals surface area contributed by atoms with Crippen molar-refractivity contribution >= 4 is 40.2 Å². The van der Waals surface area contributed by atoms with Crippen LogP contribution in [0.3, 0.4) is 0 Å². The van der Waals surface area contributed by atoms with Gasteiger partial charge in [0.05, 0.1) is 0 Å². The quantitative estimate of drug-likeness (QED) is 0.204. The van der Waals surface area contributed by atoms with Crippen molar-refractivity contribution in [1.82, 2.24) is 0 Å². The van der Waals surface area contributed by atoms with Crippen molar-refractivity contribution < 1.29 is 0 Å². The Hall–Kier alpha value is -4.04. The standard InChI is InChI=1S/C39H38BN/c1-38(2,3)27-19-22-29(23-20-27)41-34-24-21-28(39(4,5)6)25-33(34)40-32-17-11-10-15-30(32)36(26-13-8-7-9-14-26)31-16-12-18-35(41)37(31)40/h7-25,36H,1-6H3. The Morgan fingerprint density at radius 3 is 1.88 bits per heavy atom. The van der Waals surface area contributed by atoms with Gasteiger partial charge in [-0.3, -0.25) is 0 Å². The summed E-state index contributed by atoms with van der Waals surface area (Å²) in [6, 6.07) is 43.6. The van der Waals surface area contributed by atoms with Crippen LogP contribution in [0.4, 0.5) is 17.1 Å². The van der Waals surface area contributed by atoms with Gasteiger partial charge < -0.3 is 4.90 Å². The van der Waals surface area contributed by atoms with Gasteiger partial charge in [0.1, 0.15) is 0 Å². The zero-order valence-electron chi connectivity index (χ0n) is 25.1. The summed E-state index contributed by atoms with van der Waals surface area (Å²) in [6.45, 7) is 14.0. The lowest BCUT2D eigenvalue weighted by Crippen LogP contribution is -2.62. The number of benzene rings is 5. The van der Waals surface area contributed by atoms with E-state index in [0.29, 0.717) is 0 Å². The van der Waals surface area contributed by atoms with Crippen LogP contribution >= 0.6 is 0 Å². The first-order valence-electron chi connectivity index (χ1n) is 14.9. The van der Waals surface area contributed by atoms with E-state index in [2.05, 4.69) is 162 Å². The van der Waals surface area contributed by atoms with Crippen LogP contribution in [0.25, 0.3) is 0 Å². The molecule has 0 bridgehead atoms. The van der Waals surface area contributed by atoms with Gasteiger partial charge in [0.25, 0.3) is 0 Å². The molecule has 2 heterocycles. The van der Waals surface area contributed by atoms with E-state index in [1.165, 1.54) is 61.3 Å². The van der Waals surface area contributed by atoms with Gasteiger partial charge in [0, 0.05) is 23.0 Å². The Balaban J connectivity index is 1.53. The van der Waals surface area contributed by atoms with Gasteiger partial charge in [0.15, 0.2) is 0 Å². The highest BCUT2D eigenvalue weighted by molar-refractivity contribution is 6.99. The molecule has 2 aliphatic rings. The number of fused-ring (bicyclic) bond motifs is 4. The van der Waals surface area contributed by atoms with Gasteiger partial charge >= 0.3 is 0 Å². The van der Waals surface area contributed by atoms with E-state index in [0.717, 1.165) is 0 Å². The highest BCUT2D eigenvalue weighted by Crippen LogP contribution is 2.43. The summed E-state index contributed by atoms with van der Waals surface area (Å²) in [6.07, 6.45) is 0. The fourth-order valence-electron chi connectivity index (χ4n) is 6.99. The van der Waals surface area contributed by atoms with Gasteiger partial charge in [-0.05, 0) is 73.8 Å². The molecular formula is C39H38BN. The maximum Gasteiger partial charge on any atom is 0.247 e. The minimum atomic E-state index is 0.0643. The summed E-state index contributed by atoms with van der Waals surface area (Å²) < 4.78 is 0. The Morgan fingerprint density at radius 1 is 0.537 bits per heavy atom. The van der Waals surface area contributed by atoms with Crippen LogP contribution in [0.5, 0.6) is 0 Å². The number of hydrogen-bond donors (Lipinski definition) is 0. The van der Waals surface area contributed by atoms with Crippen molar-refractivity contribution in [2.75, 3.05) is 4.90 Å². The lowest BCUT2D eigenvalue weighted by molar-refractivity contribution is 0.590. The van der Waals surface area contributed by atoms with Gasteiger partial charge in [-0.1, -0.05) is 138 Å². The number of hydrogen-bond acceptors (Lipinski definition) is 1. The van der Waals surface area contributed by atoms with E-state index in [9.17, 15) is 0 Å². The van der Waals surface area contributed by atoms with Crippen molar-refractivity contribution in [3.63, 3.8) is 0 Å². The first kappa shape index (κ1) is 25.9. The molecule has 7 rings (SSSR count). The molecule has 0 saturated carbocycles. The number of anilines is 3. The van der Waals surface area contributed by atoms with Crippen LogP contribution < -0.4 is 21.3 Å². The Labute approximate surface area is 246 Å². The Morgan fingerprint density at radius 2 is 1.17 bits per heavy atom. The molecule has 5 aromatic carbocycles. The normalized spacial score (nSPS) is 15.7. The summed E-state index contributed by atoms with van der Waals surface area (Å²) in [5.41, 5.74) is 15.2. The fourth-order valence-corrected chi connectivity index (χ4v) is 6.99. The van der Waals surface area contributed by atoms with E-state index >= 15 is 0 Å². The molecule has 1 atom stereocenters. The highest BCUT2D eigenvalue weighted by Gasteiger charge is 2.43. The third-order valence-electron chi connectivity index (χ3n) is 9.15. The molecule has 1 nitrogen and oxygen atoms in total. The molecule has 5 aromatic rings. The van der Waals surface area contributed by atoms with E-state index in [1.54, 1.807) is 0 Å². The SMILES string of the molecule is CC(C)(C)c1ccc(N2c3ccc(C(C)(C)C)cc3B3c4ccccc4C(c4ccccc4)c4cccc2c43)cc1. The zero-order chi connectivity index (χ0) is 28.5. The molecule has 2 heteroatoms. The van der Waals surface area contributed by atoms with Crippen LogP contribution in [0.1, 0.15) is 75.3 Å². The monoisotopic (exact) mass is 531 g/mol. The molecule has 0 radical (unpaired) electrons. The molecule has 0 N–H and O–H groups in total. The van der Waals surface area contributed by atoms with Gasteiger partial charge in [-0.2, -0.15) is 0 Å². The van der Waals surface area contributed by atoms with Crippen LogP contribution in [0, 0.1) is 0 Å². The van der Waals surface area contributed by atoms with E-state index in [-0.39, 0.29) is 23.5 Å². The second kappa shape index (κ2) is 9.24. The molecule has 0 spiro atoms. The predicted molar refractivity (Wildman–Crippen MR) is 177 cm³/mol. The van der Waals surface area contributed by atoms with Crippen LogP contribution in [0.15, 0.2) is 115 Å². The molecule has 2 aliphatic heterocycles. The van der Waals surface area contributed by atoms with Gasteiger partial charge in [-0.25, -0.2) is 0 Å². The second-order valence-corrected chi connectivity index (χ2v) is 13.8. The summed E-state index contributed by atoms with van der Waals surface area (Å²) in [7, 11) is 0. The smallest absolute Gasteiger partial charge is 0.247 e. The van der Waals surface area contributed by atoms with Crippen molar-refractivity contribution in [2.24, 2.45) is 0 Å². The molecule has 0 aliphatic carbocycles. The van der Waals surface area contributed by atoms with Crippen molar-refractivity contribution in [3.05, 3.63) is 143 Å². The van der Waals surface area contributed by atoms with E-state index < -0.39 is 0 Å². The molecule has 41 heavy (non-hydrogen) atoms. The molecule has 0 saturated heterocycles. The summed E-state index contributed by atoms with van der Waals surface area (Å²) in [4.78, 5) is 2.51. The van der Waals surface area contributed by atoms with Crippen molar-refractivity contribution in [1.29, 1.82) is 0 Å². The highest BCUT2D eigenvalue weighted by atomic mass is 15.1. The second-order valence-electron chi connectivity index (χ2n) is 13.8. The topological polar surface area (TPSA) is 3.24 Å². The molecule has 0 amide bonds. The largest absolute Gasteiger partial charge is 0.312 e. The average Bonchev–Trinajstić information content (AvgIpc) is 2.96. The van der Waals surface area contributed by atoms with Crippen molar-refractivity contribution in [3.8, 4) is 0 Å². The predicted octanol–water partition coefficient (Wildman–Crippen LogP) is 8.07. The average molecular weight is 532 g/mol. The van der Waals surface area contributed by atoms with Gasteiger partial charge in [0.2, 0.25) is 6.71 Å². The minimum Gasteiger partial charge on any atom is -0.312 e. The maximum atomic E-state index is 2.51. The Bertz CT molecular complexity index is 1750. The van der Waals surface area contributed by atoms with E-state index in [1.807, 2.05) is 0 Å². The molecular weight excluding hydrogens is 493 g/mol. The number of rotatable bonds is 2. The third-order valence-corrected chi connectivity index (χ3v) is 9.15. The Kier molecular flexibility index (Phi) is 5.84. The molecule has 0 aromatic heterocycles. The summed E-state index contributed by atoms with van der Waals surface area (Å²) in [5, 5.41) is 0. The summed E-state index contributed by atoms with van der Waals surface area (Å²) in [5.74, 6) is 0.205. The van der Waals surface area contributed by atoms with Crippen molar-refractivity contribution in [2.45, 2.75) is 58.3 Å². The van der Waals surface area contributed by atoms with Gasteiger partial charge in [-0.15, -0.1) is 0 Å². The number of nitrogens with zero attached hydrogens (tertiary/aromatic N) is 1. The molecule has 0 fully saturated rings. The fraction of sp³-hybridized carbons (Fsp3) is 0.231. The third kappa shape index (κ3) is 4.15. The van der Waals surface area contributed by atoms with Crippen LogP contribution in [-0.4, -0.2) is 6.71 Å². The summed E-state index contributed by atoms with van der Waals surface area (Å²) >= 11 is 0. The first-order valence-corrected chi connectivity index (χ1v) is 14.9. The molecule has 202 valence electrons. The lowest BCUT2D eigenvalue weighted by atomic mass is 9.31. The first-order chi connectivity index (χ1) is 19.6. The van der Waals surface area contributed by atoms with Crippen LogP contribution in [0.2, 0.25) is 0 Å². The van der Waals surface area contributed by atoms with Crippen LogP contribution in [-0.2, 0) is 10.8 Å². The maximum absolute atomic E-state index is 2.51. The lowest BCUT2D eigenvalue weighted by Gasteiger charge is -2.43.